The summed E-state index contributed by atoms with van der Waals surface area (Å²) in [6, 6.07) is 5.11. The van der Waals surface area contributed by atoms with Crippen LogP contribution in [-0.4, -0.2) is 23.4 Å². The molecule has 1 aromatic rings. The van der Waals surface area contributed by atoms with Crippen molar-refractivity contribution in [3.63, 3.8) is 0 Å². The van der Waals surface area contributed by atoms with Crippen molar-refractivity contribution in [1.29, 1.82) is 0 Å². The van der Waals surface area contributed by atoms with Crippen LogP contribution >= 0.6 is 15.9 Å². The van der Waals surface area contributed by atoms with Crippen LogP contribution in [0.2, 0.25) is 0 Å². The van der Waals surface area contributed by atoms with Gasteiger partial charge in [0.05, 0.1) is 5.60 Å². The number of halogens is 1. The van der Waals surface area contributed by atoms with Crippen molar-refractivity contribution in [3.05, 3.63) is 28.2 Å². The molecule has 2 N–H and O–H groups in total. The summed E-state index contributed by atoms with van der Waals surface area (Å²) in [7, 11) is 0. The van der Waals surface area contributed by atoms with E-state index < -0.39 is 5.60 Å². The van der Waals surface area contributed by atoms with Gasteiger partial charge >= 0.3 is 0 Å². The average molecular weight is 273 g/mol. The Bertz CT molecular complexity index is 359. The quantitative estimate of drug-likeness (QED) is 0.824. The van der Waals surface area contributed by atoms with Crippen LogP contribution < -0.4 is 0 Å². The topological polar surface area (TPSA) is 49.7 Å². The van der Waals surface area contributed by atoms with E-state index >= 15 is 0 Å². The molecular weight excluding hydrogens is 260 g/mol. The van der Waals surface area contributed by atoms with Crippen LogP contribution in [-0.2, 0) is 10.3 Å². The van der Waals surface area contributed by atoms with Gasteiger partial charge in [-0.2, -0.15) is 0 Å². The zero-order valence-corrected chi connectivity index (χ0v) is 9.83. The zero-order chi connectivity index (χ0) is 10.9. The molecule has 2 rings (SSSR count). The van der Waals surface area contributed by atoms with Gasteiger partial charge in [-0.25, -0.2) is 0 Å². The normalized spacial score (nSPS) is 20.1. The van der Waals surface area contributed by atoms with Crippen LogP contribution in [0.15, 0.2) is 22.7 Å². The Labute approximate surface area is 96.8 Å². The number of hydrogen-bond donors (Lipinski definition) is 2. The fourth-order valence-corrected chi connectivity index (χ4v) is 2.22. The zero-order valence-electron chi connectivity index (χ0n) is 8.24. The van der Waals surface area contributed by atoms with Crippen LogP contribution in [0.4, 0.5) is 0 Å². The molecule has 3 nitrogen and oxygen atoms in total. The van der Waals surface area contributed by atoms with Crippen molar-refractivity contribution in [3.8, 4) is 5.75 Å². The second-order valence-electron chi connectivity index (χ2n) is 3.81. The minimum atomic E-state index is -0.952. The first-order valence-electron chi connectivity index (χ1n) is 4.91. The smallest absolute Gasteiger partial charge is 0.121 e. The number of aliphatic hydroxyl groups is 1. The molecule has 4 heteroatoms. The maximum absolute atomic E-state index is 10.4. The molecule has 1 aromatic carbocycles. The van der Waals surface area contributed by atoms with Gasteiger partial charge in [0.1, 0.15) is 5.75 Å². The number of phenolic OH excluding ortho intramolecular Hbond substituents is 1. The lowest BCUT2D eigenvalue weighted by molar-refractivity contribution is -0.0689. The van der Waals surface area contributed by atoms with Crippen LogP contribution in [0.1, 0.15) is 18.4 Å². The van der Waals surface area contributed by atoms with Crippen molar-refractivity contribution >= 4 is 15.9 Å². The van der Waals surface area contributed by atoms with Crippen molar-refractivity contribution < 1.29 is 14.9 Å². The first kappa shape index (κ1) is 10.9. The van der Waals surface area contributed by atoms with Crippen molar-refractivity contribution in [2.75, 3.05) is 13.2 Å². The van der Waals surface area contributed by atoms with Gasteiger partial charge in [-0.05, 0) is 18.2 Å². The lowest BCUT2D eigenvalue weighted by Gasteiger charge is -2.32. The summed E-state index contributed by atoms with van der Waals surface area (Å²) < 4.78 is 6.06. The van der Waals surface area contributed by atoms with E-state index in [1.54, 1.807) is 18.2 Å². The summed E-state index contributed by atoms with van der Waals surface area (Å²) in [6.07, 6.45) is 1.05. The maximum Gasteiger partial charge on any atom is 0.121 e. The van der Waals surface area contributed by atoms with Gasteiger partial charge < -0.3 is 14.9 Å². The van der Waals surface area contributed by atoms with Crippen molar-refractivity contribution in [1.82, 2.24) is 0 Å². The summed E-state index contributed by atoms with van der Waals surface area (Å²) in [4.78, 5) is 0. The third-order valence-corrected chi connectivity index (χ3v) is 3.27. The number of ether oxygens (including phenoxy) is 1. The Morgan fingerprint density at radius 3 is 2.60 bits per heavy atom. The van der Waals surface area contributed by atoms with Crippen molar-refractivity contribution in [2.45, 2.75) is 18.4 Å². The van der Waals surface area contributed by atoms with Gasteiger partial charge in [0.2, 0.25) is 0 Å². The molecule has 0 aromatic heterocycles. The van der Waals surface area contributed by atoms with E-state index in [0.717, 1.165) is 4.47 Å². The van der Waals surface area contributed by atoms with Crippen molar-refractivity contribution in [2.24, 2.45) is 0 Å². The molecule has 0 saturated carbocycles. The first-order chi connectivity index (χ1) is 7.12. The molecule has 1 aliphatic rings. The Morgan fingerprint density at radius 1 is 1.27 bits per heavy atom. The lowest BCUT2D eigenvalue weighted by Crippen LogP contribution is -2.33. The molecule has 15 heavy (non-hydrogen) atoms. The first-order valence-corrected chi connectivity index (χ1v) is 5.70. The number of aromatic hydroxyl groups is 1. The van der Waals surface area contributed by atoms with Crippen LogP contribution in [0, 0.1) is 0 Å². The van der Waals surface area contributed by atoms with Gasteiger partial charge in [-0.15, -0.1) is 0 Å². The molecule has 0 unspecified atom stereocenters. The monoisotopic (exact) mass is 272 g/mol. The molecular formula is C11H13BrO3. The molecule has 82 valence electrons. The summed E-state index contributed by atoms with van der Waals surface area (Å²) in [6.45, 7) is 1.06. The third kappa shape index (κ3) is 2.17. The molecule has 1 saturated heterocycles. The van der Waals surface area contributed by atoms with Crippen LogP contribution in [0.5, 0.6) is 5.75 Å². The second-order valence-corrected chi connectivity index (χ2v) is 4.72. The van der Waals surface area contributed by atoms with Gasteiger partial charge in [0, 0.05) is 36.1 Å². The fraction of sp³-hybridized carbons (Fsp3) is 0.455. The second kappa shape index (κ2) is 4.12. The summed E-state index contributed by atoms with van der Waals surface area (Å²) in [5.74, 6) is 0.141. The third-order valence-electron chi connectivity index (χ3n) is 2.78. The number of rotatable bonds is 1. The molecule has 0 bridgehead atoms. The van der Waals surface area contributed by atoms with Gasteiger partial charge in [-0.3, -0.25) is 0 Å². The number of benzene rings is 1. The minimum absolute atomic E-state index is 0.141. The van der Waals surface area contributed by atoms with Gasteiger partial charge in [0.25, 0.3) is 0 Å². The summed E-state index contributed by atoms with van der Waals surface area (Å²) >= 11 is 3.33. The average Bonchev–Trinajstić information content (AvgIpc) is 2.23. The Hall–Kier alpha value is -0.580. The SMILES string of the molecule is Oc1ccc(Br)cc1C1(O)CCOCC1. The van der Waals surface area contributed by atoms with E-state index in [-0.39, 0.29) is 5.75 Å². The largest absolute Gasteiger partial charge is 0.508 e. The standard InChI is InChI=1S/C11H13BrO3/c12-8-1-2-10(13)9(7-8)11(14)3-5-15-6-4-11/h1-2,7,13-14H,3-6H2. The fourth-order valence-electron chi connectivity index (χ4n) is 1.86. The molecule has 0 amide bonds. The predicted molar refractivity (Wildman–Crippen MR) is 59.8 cm³/mol. The number of phenols is 1. The van der Waals surface area contributed by atoms with Gasteiger partial charge in [-0.1, -0.05) is 15.9 Å². The van der Waals surface area contributed by atoms with E-state index in [4.69, 9.17) is 4.74 Å². The van der Waals surface area contributed by atoms with E-state index in [0.29, 0.717) is 31.6 Å². The Morgan fingerprint density at radius 2 is 1.93 bits per heavy atom. The molecule has 0 aliphatic carbocycles. The Kier molecular flexibility index (Phi) is 3.00. The highest BCUT2D eigenvalue weighted by molar-refractivity contribution is 9.10. The Balaban J connectivity index is 2.38. The highest BCUT2D eigenvalue weighted by Gasteiger charge is 2.34. The predicted octanol–water partition coefficient (Wildman–Crippen LogP) is 2.15. The van der Waals surface area contributed by atoms with E-state index in [9.17, 15) is 10.2 Å². The molecule has 0 radical (unpaired) electrons. The molecule has 1 heterocycles. The molecule has 1 aliphatic heterocycles. The maximum atomic E-state index is 10.4. The summed E-state index contributed by atoms with van der Waals surface area (Å²) in [5.41, 5.74) is -0.369. The minimum Gasteiger partial charge on any atom is -0.508 e. The molecule has 1 fully saturated rings. The van der Waals surface area contributed by atoms with Crippen LogP contribution in [0.25, 0.3) is 0 Å². The van der Waals surface area contributed by atoms with E-state index in [1.807, 2.05) is 0 Å². The highest BCUT2D eigenvalue weighted by Crippen LogP contribution is 2.38. The van der Waals surface area contributed by atoms with Gasteiger partial charge in [0.15, 0.2) is 0 Å². The molecule has 0 atom stereocenters. The lowest BCUT2D eigenvalue weighted by atomic mass is 9.86. The molecule has 0 spiro atoms. The highest BCUT2D eigenvalue weighted by atomic mass is 79.9. The van der Waals surface area contributed by atoms with E-state index in [2.05, 4.69) is 15.9 Å². The number of hydrogen-bond acceptors (Lipinski definition) is 3. The van der Waals surface area contributed by atoms with E-state index in [1.165, 1.54) is 0 Å². The summed E-state index contributed by atoms with van der Waals surface area (Å²) in [5, 5.41) is 20.1. The van der Waals surface area contributed by atoms with Crippen LogP contribution in [0.3, 0.4) is 0 Å².